The van der Waals surface area contributed by atoms with Crippen molar-refractivity contribution in [2.45, 2.75) is 33.2 Å². The average molecular weight is 368 g/mol. The van der Waals surface area contributed by atoms with Crippen LogP contribution in [0.4, 0.5) is 5.95 Å². The van der Waals surface area contributed by atoms with Gasteiger partial charge in [0.25, 0.3) is 5.91 Å². The maximum atomic E-state index is 12.6. The fraction of sp³-hybridized carbons (Fsp3) is 0.500. The van der Waals surface area contributed by atoms with E-state index in [2.05, 4.69) is 37.1 Å². The van der Waals surface area contributed by atoms with E-state index in [1.807, 2.05) is 32.9 Å². The van der Waals surface area contributed by atoms with Crippen molar-refractivity contribution < 1.29 is 4.79 Å². The minimum Gasteiger partial charge on any atom is -0.349 e. The first-order valence-corrected chi connectivity index (χ1v) is 9.42. The van der Waals surface area contributed by atoms with E-state index in [9.17, 15) is 4.79 Å². The van der Waals surface area contributed by atoms with Gasteiger partial charge in [0, 0.05) is 56.7 Å². The summed E-state index contributed by atoms with van der Waals surface area (Å²) in [6.07, 6.45) is 4.12. The van der Waals surface area contributed by atoms with Gasteiger partial charge in [-0.25, -0.2) is 9.97 Å². The van der Waals surface area contributed by atoms with E-state index in [1.54, 1.807) is 12.4 Å². The highest BCUT2D eigenvalue weighted by molar-refractivity contribution is 5.95. The van der Waals surface area contributed by atoms with Crippen LogP contribution in [0.3, 0.4) is 0 Å². The zero-order chi connectivity index (χ0) is 19.4. The van der Waals surface area contributed by atoms with Gasteiger partial charge in [-0.15, -0.1) is 0 Å². The maximum Gasteiger partial charge on any atom is 0.254 e. The van der Waals surface area contributed by atoms with Gasteiger partial charge in [-0.1, -0.05) is 6.07 Å². The Balaban J connectivity index is 1.63. The van der Waals surface area contributed by atoms with Crippen LogP contribution in [0.15, 0.2) is 24.5 Å². The molecule has 0 saturated carbocycles. The molecule has 27 heavy (non-hydrogen) atoms. The van der Waals surface area contributed by atoms with Crippen LogP contribution in [0.5, 0.6) is 0 Å². The molecule has 0 spiro atoms. The van der Waals surface area contributed by atoms with Crippen LogP contribution in [0.25, 0.3) is 0 Å². The predicted octanol–water partition coefficient (Wildman–Crippen LogP) is 1.60. The molecule has 1 aliphatic rings. The summed E-state index contributed by atoms with van der Waals surface area (Å²) in [5, 5.41) is 3.04. The number of nitrogens with one attached hydrogen (secondary N) is 1. The van der Waals surface area contributed by atoms with Crippen LogP contribution < -0.4 is 10.2 Å². The van der Waals surface area contributed by atoms with Crippen molar-refractivity contribution in [3.8, 4) is 0 Å². The van der Waals surface area contributed by atoms with Crippen molar-refractivity contribution >= 4 is 11.9 Å². The number of aromatic nitrogens is 3. The van der Waals surface area contributed by atoms with Gasteiger partial charge in [0.1, 0.15) is 0 Å². The molecule has 2 aromatic heterocycles. The SMILES string of the molecule is Cc1cccnc1C[C@H](C)NC(=O)c1cnc(N2CCN(C)CC2)nc1C. The number of piperazine rings is 1. The number of hydrogen-bond acceptors (Lipinski definition) is 6. The molecule has 1 fully saturated rings. The smallest absolute Gasteiger partial charge is 0.254 e. The zero-order valence-electron chi connectivity index (χ0n) is 16.6. The van der Waals surface area contributed by atoms with Crippen molar-refractivity contribution in [1.29, 1.82) is 0 Å². The maximum absolute atomic E-state index is 12.6. The molecular weight excluding hydrogens is 340 g/mol. The van der Waals surface area contributed by atoms with Crippen LogP contribution in [0, 0.1) is 13.8 Å². The second-order valence-corrected chi connectivity index (χ2v) is 7.31. The van der Waals surface area contributed by atoms with Crippen LogP contribution in [-0.2, 0) is 6.42 Å². The van der Waals surface area contributed by atoms with E-state index in [4.69, 9.17) is 0 Å². The molecule has 0 bridgehead atoms. The van der Waals surface area contributed by atoms with E-state index in [0.29, 0.717) is 23.6 Å². The molecule has 7 nitrogen and oxygen atoms in total. The molecule has 3 rings (SSSR count). The highest BCUT2D eigenvalue weighted by atomic mass is 16.1. The van der Waals surface area contributed by atoms with Crippen LogP contribution >= 0.6 is 0 Å². The van der Waals surface area contributed by atoms with Crippen molar-refractivity contribution in [3.63, 3.8) is 0 Å². The molecule has 1 saturated heterocycles. The lowest BCUT2D eigenvalue weighted by molar-refractivity contribution is 0.0938. The van der Waals surface area contributed by atoms with Gasteiger partial charge in [-0.2, -0.15) is 0 Å². The molecule has 1 amide bonds. The number of aryl methyl sites for hydroxylation is 2. The number of carbonyl (C=O) groups excluding carboxylic acids is 1. The normalized spacial score (nSPS) is 16.2. The molecule has 144 valence electrons. The number of likely N-dealkylation sites (N-methyl/N-ethyl adjacent to an activating group) is 1. The number of nitrogens with zero attached hydrogens (tertiary/aromatic N) is 5. The first-order valence-electron chi connectivity index (χ1n) is 9.42. The molecule has 0 aliphatic carbocycles. The fourth-order valence-corrected chi connectivity index (χ4v) is 3.21. The Labute approximate surface area is 160 Å². The predicted molar refractivity (Wildman–Crippen MR) is 106 cm³/mol. The molecule has 3 heterocycles. The minimum absolute atomic E-state index is 0.0252. The lowest BCUT2D eigenvalue weighted by Gasteiger charge is -2.32. The highest BCUT2D eigenvalue weighted by Gasteiger charge is 2.19. The molecule has 1 aliphatic heterocycles. The lowest BCUT2D eigenvalue weighted by atomic mass is 10.1. The molecule has 0 unspecified atom stereocenters. The molecule has 1 N–H and O–H groups in total. The Morgan fingerprint density at radius 3 is 2.63 bits per heavy atom. The molecule has 2 aromatic rings. The van der Waals surface area contributed by atoms with Gasteiger partial charge < -0.3 is 15.1 Å². The van der Waals surface area contributed by atoms with Gasteiger partial charge in [-0.3, -0.25) is 9.78 Å². The fourth-order valence-electron chi connectivity index (χ4n) is 3.21. The molecule has 0 aromatic carbocycles. The number of rotatable bonds is 5. The van der Waals surface area contributed by atoms with Gasteiger partial charge in [0.15, 0.2) is 0 Å². The number of hydrogen-bond donors (Lipinski definition) is 1. The van der Waals surface area contributed by atoms with E-state index >= 15 is 0 Å². The van der Waals surface area contributed by atoms with E-state index in [1.165, 1.54) is 0 Å². The van der Waals surface area contributed by atoms with E-state index in [0.717, 1.165) is 37.4 Å². The van der Waals surface area contributed by atoms with Crippen LogP contribution in [0.1, 0.15) is 34.2 Å². The van der Waals surface area contributed by atoms with Crippen molar-refractivity contribution in [2.24, 2.45) is 0 Å². The Kier molecular flexibility index (Phi) is 6.01. The van der Waals surface area contributed by atoms with Gasteiger partial charge in [0.2, 0.25) is 5.95 Å². The number of pyridine rings is 1. The second-order valence-electron chi connectivity index (χ2n) is 7.31. The zero-order valence-corrected chi connectivity index (χ0v) is 16.6. The number of carbonyl (C=O) groups is 1. The quantitative estimate of drug-likeness (QED) is 0.864. The summed E-state index contributed by atoms with van der Waals surface area (Å²) in [6.45, 7) is 9.69. The monoisotopic (exact) mass is 368 g/mol. The van der Waals surface area contributed by atoms with Crippen LogP contribution in [-0.4, -0.2) is 65.0 Å². The number of amides is 1. The number of anilines is 1. The summed E-state index contributed by atoms with van der Waals surface area (Å²) in [6, 6.07) is 3.93. The third kappa shape index (κ3) is 4.80. The Bertz CT molecular complexity index is 801. The van der Waals surface area contributed by atoms with Gasteiger partial charge in [-0.05, 0) is 39.4 Å². The summed E-state index contributed by atoms with van der Waals surface area (Å²) in [4.78, 5) is 30.5. The van der Waals surface area contributed by atoms with Gasteiger partial charge >= 0.3 is 0 Å². The highest BCUT2D eigenvalue weighted by Crippen LogP contribution is 2.14. The Morgan fingerprint density at radius 1 is 1.22 bits per heavy atom. The Hall–Kier alpha value is -2.54. The first kappa shape index (κ1) is 19.2. The van der Waals surface area contributed by atoms with Crippen LogP contribution in [0.2, 0.25) is 0 Å². The lowest BCUT2D eigenvalue weighted by Crippen LogP contribution is -2.45. The summed E-state index contributed by atoms with van der Waals surface area (Å²) in [7, 11) is 2.12. The topological polar surface area (TPSA) is 74.2 Å². The Morgan fingerprint density at radius 2 is 1.96 bits per heavy atom. The summed E-state index contributed by atoms with van der Waals surface area (Å²) < 4.78 is 0. The molecule has 7 heteroatoms. The third-order valence-electron chi connectivity index (χ3n) is 4.99. The van der Waals surface area contributed by atoms with Gasteiger partial charge in [0.05, 0.1) is 11.3 Å². The summed E-state index contributed by atoms with van der Waals surface area (Å²) >= 11 is 0. The van der Waals surface area contributed by atoms with E-state index in [-0.39, 0.29) is 11.9 Å². The second kappa shape index (κ2) is 8.43. The summed E-state index contributed by atoms with van der Waals surface area (Å²) in [5.41, 5.74) is 3.37. The van der Waals surface area contributed by atoms with E-state index < -0.39 is 0 Å². The van der Waals surface area contributed by atoms with Crippen molar-refractivity contribution in [2.75, 3.05) is 38.1 Å². The molecular formula is C20H28N6O. The largest absolute Gasteiger partial charge is 0.349 e. The first-order chi connectivity index (χ1) is 12.9. The minimum atomic E-state index is -0.140. The summed E-state index contributed by atoms with van der Waals surface area (Å²) in [5.74, 6) is 0.563. The molecule has 1 atom stereocenters. The third-order valence-corrected chi connectivity index (χ3v) is 4.99. The standard InChI is InChI=1S/C20H28N6O/c1-14-6-5-7-21-18(14)12-15(2)23-19(27)17-13-22-20(24-16(17)3)26-10-8-25(4)9-11-26/h5-7,13,15H,8-12H2,1-4H3,(H,23,27)/t15-/m0/s1. The molecule has 0 radical (unpaired) electrons. The average Bonchev–Trinajstić information content (AvgIpc) is 2.64. The van der Waals surface area contributed by atoms with Crippen molar-refractivity contribution in [3.05, 3.63) is 47.0 Å². The van der Waals surface area contributed by atoms with Crippen molar-refractivity contribution in [1.82, 2.24) is 25.2 Å².